The van der Waals surface area contributed by atoms with Gasteiger partial charge < -0.3 is 9.73 Å². The minimum absolute atomic E-state index is 0.117. The number of hydrogen-bond acceptors (Lipinski definition) is 4. The standard InChI is InChI=1S/C13H14N2O4S/c1-8-5-9(2)7-10(6-8)15-13(16)11-3-4-12(19-11)20(14,17)18/h3-7H,1-2H3,(H,15,16)(H2,14,17,18). The van der Waals surface area contributed by atoms with Crippen LogP contribution in [-0.2, 0) is 10.0 Å². The van der Waals surface area contributed by atoms with Gasteiger partial charge in [0, 0.05) is 5.69 Å². The van der Waals surface area contributed by atoms with Gasteiger partial charge in [-0.05, 0) is 49.2 Å². The molecule has 6 nitrogen and oxygen atoms in total. The van der Waals surface area contributed by atoms with E-state index in [0.29, 0.717) is 5.69 Å². The number of aryl methyl sites for hydroxylation is 2. The molecule has 0 unspecified atom stereocenters. The van der Waals surface area contributed by atoms with Gasteiger partial charge in [-0.3, -0.25) is 4.79 Å². The van der Waals surface area contributed by atoms with Gasteiger partial charge in [0.2, 0.25) is 5.09 Å². The zero-order chi connectivity index (χ0) is 14.9. The lowest BCUT2D eigenvalue weighted by molar-refractivity contribution is 0.0991. The number of carbonyl (C=O) groups excluding carboxylic acids is 1. The van der Waals surface area contributed by atoms with Crippen LogP contribution >= 0.6 is 0 Å². The summed E-state index contributed by atoms with van der Waals surface area (Å²) in [5.74, 6) is -0.655. The van der Waals surface area contributed by atoms with E-state index < -0.39 is 21.0 Å². The van der Waals surface area contributed by atoms with Crippen molar-refractivity contribution in [2.24, 2.45) is 5.14 Å². The largest absolute Gasteiger partial charge is 0.438 e. The van der Waals surface area contributed by atoms with Crippen LogP contribution in [0.25, 0.3) is 0 Å². The Morgan fingerprint density at radius 2 is 1.75 bits per heavy atom. The van der Waals surface area contributed by atoms with Crippen molar-refractivity contribution in [1.82, 2.24) is 0 Å². The summed E-state index contributed by atoms with van der Waals surface area (Å²) in [6.07, 6.45) is 0. The van der Waals surface area contributed by atoms with E-state index in [1.807, 2.05) is 19.9 Å². The van der Waals surface area contributed by atoms with E-state index in [-0.39, 0.29) is 5.76 Å². The molecule has 7 heteroatoms. The fourth-order valence-corrected chi connectivity index (χ4v) is 2.30. The fraction of sp³-hybridized carbons (Fsp3) is 0.154. The van der Waals surface area contributed by atoms with Gasteiger partial charge in [-0.15, -0.1) is 0 Å². The summed E-state index contributed by atoms with van der Waals surface area (Å²) >= 11 is 0. The first-order chi connectivity index (χ1) is 9.25. The maximum absolute atomic E-state index is 11.9. The van der Waals surface area contributed by atoms with Gasteiger partial charge >= 0.3 is 0 Å². The molecule has 106 valence electrons. The van der Waals surface area contributed by atoms with E-state index in [2.05, 4.69) is 5.32 Å². The molecule has 0 fully saturated rings. The van der Waals surface area contributed by atoms with Crippen molar-refractivity contribution in [1.29, 1.82) is 0 Å². The maximum Gasteiger partial charge on any atom is 0.291 e. The molecule has 1 amide bonds. The maximum atomic E-state index is 11.9. The molecule has 0 aliphatic rings. The number of primary sulfonamides is 1. The van der Waals surface area contributed by atoms with Crippen molar-refractivity contribution in [3.8, 4) is 0 Å². The van der Waals surface area contributed by atoms with Gasteiger partial charge in [0.25, 0.3) is 15.9 Å². The van der Waals surface area contributed by atoms with Crippen LogP contribution in [0, 0.1) is 13.8 Å². The lowest BCUT2D eigenvalue weighted by Gasteiger charge is -2.05. The summed E-state index contributed by atoms with van der Waals surface area (Å²) < 4.78 is 27.1. The predicted molar refractivity (Wildman–Crippen MR) is 74.0 cm³/mol. The van der Waals surface area contributed by atoms with Crippen molar-refractivity contribution < 1.29 is 17.6 Å². The predicted octanol–water partition coefficient (Wildman–Crippen LogP) is 1.80. The lowest BCUT2D eigenvalue weighted by Crippen LogP contribution is -2.12. The van der Waals surface area contributed by atoms with Gasteiger partial charge in [-0.2, -0.15) is 0 Å². The second-order valence-electron chi connectivity index (χ2n) is 4.49. The molecule has 0 atom stereocenters. The quantitative estimate of drug-likeness (QED) is 0.900. The molecule has 0 saturated heterocycles. The number of benzene rings is 1. The summed E-state index contributed by atoms with van der Waals surface area (Å²) in [5, 5.41) is 7.10. The minimum atomic E-state index is -3.95. The molecule has 1 heterocycles. The zero-order valence-electron chi connectivity index (χ0n) is 11.0. The zero-order valence-corrected chi connectivity index (χ0v) is 11.8. The highest BCUT2D eigenvalue weighted by atomic mass is 32.2. The van der Waals surface area contributed by atoms with Crippen molar-refractivity contribution in [2.75, 3.05) is 5.32 Å². The second-order valence-corrected chi connectivity index (χ2v) is 5.99. The van der Waals surface area contributed by atoms with Crippen LogP contribution in [0.3, 0.4) is 0 Å². The molecule has 0 saturated carbocycles. The number of nitrogens with two attached hydrogens (primary N) is 1. The Morgan fingerprint density at radius 1 is 1.15 bits per heavy atom. The Bertz CT molecular complexity index is 742. The Morgan fingerprint density at radius 3 is 2.25 bits per heavy atom. The molecule has 20 heavy (non-hydrogen) atoms. The van der Waals surface area contributed by atoms with Crippen molar-refractivity contribution in [3.63, 3.8) is 0 Å². The third-order valence-electron chi connectivity index (χ3n) is 2.57. The Hall–Kier alpha value is -2.12. The first-order valence-electron chi connectivity index (χ1n) is 5.78. The lowest BCUT2D eigenvalue weighted by atomic mass is 10.1. The molecule has 3 N–H and O–H groups in total. The summed E-state index contributed by atoms with van der Waals surface area (Å²) in [5.41, 5.74) is 2.62. The number of rotatable bonds is 3. The number of sulfonamides is 1. The summed E-state index contributed by atoms with van der Waals surface area (Å²) in [6.45, 7) is 3.82. The SMILES string of the molecule is Cc1cc(C)cc(NC(=O)c2ccc(S(N)(=O)=O)o2)c1. The minimum Gasteiger partial charge on any atom is -0.438 e. The van der Waals surface area contributed by atoms with Crippen LogP contribution in [0.2, 0.25) is 0 Å². The van der Waals surface area contributed by atoms with E-state index in [9.17, 15) is 13.2 Å². The monoisotopic (exact) mass is 294 g/mol. The van der Waals surface area contributed by atoms with Crippen LogP contribution in [0.15, 0.2) is 39.8 Å². The van der Waals surface area contributed by atoms with Crippen LogP contribution in [0.4, 0.5) is 5.69 Å². The number of carbonyl (C=O) groups is 1. The van der Waals surface area contributed by atoms with Crippen LogP contribution in [-0.4, -0.2) is 14.3 Å². The van der Waals surface area contributed by atoms with Crippen LogP contribution in [0.1, 0.15) is 21.7 Å². The Labute approximate surface area is 116 Å². The Balaban J connectivity index is 2.22. The first kappa shape index (κ1) is 14.3. The smallest absolute Gasteiger partial charge is 0.291 e. The topological polar surface area (TPSA) is 102 Å². The number of anilines is 1. The second kappa shape index (κ2) is 5.10. The van der Waals surface area contributed by atoms with Crippen molar-refractivity contribution in [3.05, 3.63) is 47.2 Å². The van der Waals surface area contributed by atoms with E-state index in [4.69, 9.17) is 9.56 Å². The molecule has 2 aromatic rings. The number of amides is 1. The summed E-state index contributed by atoms with van der Waals surface area (Å²) in [4.78, 5) is 11.9. The molecule has 1 aromatic carbocycles. The van der Waals surface area contributed by atoms with Crippen LogP contribution in [0.5, 0.6) is 0 Å². The fourth-order valence-electron chi connectivity index (χ4n) is 1.83. The van der Waals surface area contributed by atoms with Gasteiger partial charge in [0.1, 0.15) is 0 Å². The third-order valence-corrected chi connectivity index (χ3v) is 3.35. The van der Waals surface area contributed by atoms with Crippen LogP contribution < -0.4 is 10.5 Å². The highest BCUT2D eigenvalue weighted by Gasteiger charge is 2.17. The average Bonchev–Trinajstić information content (AvgIpc) is 2.75. The van der Waals surface area contributed by atoms with E-state index >= 15 is 0 Å². The molecule has 1 aromatic heterocycles. The van der Waals surface area contributed by atoms with Gasteiger partial charge in [-0.1, -0.05) is 6.07 Å². The molecule has 0 bridgehead atoms. The van der Waals surface area contributed by atoms with E-state index in [1.165, 1.54) is 6.07 Å². The number of hydrogen-bond donors (Lipinski definition) is 2. The summed E-state index contributed by atoms with van der Waals surface area (Å²) in [7, 11) is -3.95. The number of nitrogens with one attached hydrogen (secondary N) is 1. The Kier molecular flexibility index (Phi) is 3.65. The van der Waals surface area contributed by atoms with Crippen molar-refractivity contribution in [2.45, 2.75) is 18.9 Å². The highest BCUT2D eigenvalue weighted by Crippen LogP contribution is 2.17. The summed E-state index contributed by atoms with van der Waals surface area (Å²) in [6, 6.07) is 7.98. The first-order valence-corrected chi connectivity index (χ1v) is 7.32. The van der Waals surface area contributed by atoms with E-state index in [0.717, 1.165) is 17.2 Å². The van der Waals surface area contributed by atoms with Crippen molar-refractivity contribution >= 4 is 21.6 Å². The third kappa shape index (κ3) is 3.25. The molecule has 0 spiro atoms. The van der Waals surface area contributed by atoms with Gasteiger partial charge in [0.05, 0.1) is 0 Å². The van der Waals surface area contributed by atoms with E-state index in [1.54, 1.807) is 12.1 Å². The number of furan rings is 1. The molecule has 0 radical (unpaired) electrons. The van der Waals surface area contributed by atoms with Gasteiger partial charge in [0.15, 0.2) is 5.76 Å². The highest BCUT2D eigenvalue weighted by molar-refractivity contribution is 7.89. The van der Waals surface area contributed by atoms with Gasteiger partial charge in [-0.25, -0.2) is 13.6 Å². The average molecular weight is 294 g/mol. The molecule has 0 aliphatic carbocycles. The normalized spacial score (nSPS) is 11.3. The molecular weight excluding hydrogens is 280 g/mol. The molecule has 2 rings (SSSR count). The molecular formula is C13H14N2O4S. The molecule has 0 aliphatic heterocycles.